The molecule has 0 saturated carbocycles. The third kappa shape index (κ3) is 4.56. The van der Waals surface area contributed by atoms with Crippen LogP contribution in [0.25, 0.3) is 0 Å². The normalized spacial score (nSPS) is 20.9. The van der Waals surface area contributed by atoms with E-state index in [1.54, 1.807) is 4.90 Å². The van der Waals surface area contributed by atoms with Gasteiger partial charge in [-0.25, -0.2) is 4.98 Å². The molecule has 1 N–H and O–H groups in total. The van der Waals surface area contributed by atoms with Gasteiger partial charge in [0.1, 0.15) is 0 Å². The summed E-state index contributed by atoms with van der Waals surface area (Å²) in [5.41, 5.74) is 0.769. The molecule has 9 heteroatoms. The number of rotatable bonds is 3. The van der Waals surface area contributed by atoms with Crippen LogP contribution in [0.4, 0.5) is 5.13 Å². The van der Waals surface area contributed by atoms with Gasteiger partial charge in [-0.3, -0.25) is 14.5 Å². The van der Waals surface area contributed by atoms with E-state index in [1.165, 1.54) is 11.3 Å². The summed E-state index contributed by atoms with van der Waals surface area (Å²) in [5, 5.41) is 5.90. The summed E-state index contributed by atoms with van der Waals surface area (Å²) < 4.78 is 0. The van der Waals surface area contributed by atoms with Crippen molar-refractivity contribution in [3.8, 4) is 0 Å². The van der Waals surface area contributed by atoms with Gasteiger partial charge >= 0.3 is 0 Å². The van der Waals surface area contributed by atoms with Crippen molar-refractivity contribution < 1.29 is 9.59 Å². The third-order valence-electron chi connectivity index (χ3n) is 4.00. The van der Waals surface area contributed by atoms with Gasteiger partial charge in [-0.2, -0.15) is 0 Å². The Labute approximate surface area is 152 Å². The van der Waals surface area contributed by atoms with Crippen LogP contribution in [0.5, 0.6) is 0 Å². The van der Waals surface area contributed by atoms with Crippen molar-refractivity contribution in [2.75, 3.05) is 31.1 Å². The molecule has 0 radical (unpaired) electrons. The van der Waals surface area contributed by atoms with E-state index in [4.69, 9.17) is 0 Å². The van der Waals surface area contributed by atoms with Crippen LogP contribution < -0.4 is 10.2 Å². The van der Waals surface area contributed by atoms with Gasteiger partial charge in [-0.1, -0.05) is 0 Å². The largest absolute Gasteiger partial charge is 0.337 e. The molecule has 3 heterocycles. The van der Waals surface area contributed by atoms with Gasteiger partial charge < -0.3 is 10.2 Å². The number of hydrogen-bond acceptors (Lipinski definition) is 5. The summed E-state index contributed by atoms with van der Waals surface area (Å²) in [6.45, 7) is 5.24. The van der Waals surface area contributed by atoms with Gasteiger partial charge in [0, 0.05) is 44.0 Å². The molecule has 3 rings (SSSR count). The lowest BCUT2D eigenvalue weighted by Gasteiger charge is -2.33. The summed E-state index contributed by atoms with van der Waals surface area (Å²) in [4.78, 5) is 32.2. The molecule has 2 fully saturated rings. The second-order valence-corrected chi connectivity index (χ2v) is 6.42. The van der Waals surface area contributed by atoms with Crippen LogP contribution in [-0.4, -0.2) is 53.9 Å². The molecule has 2 aliphatic heterocycles. The minimum absolute atomic E-state index is 0. The molecule has 0 aromatic carbocycles. The first-order chi connectivity index (χ1) is 10.1. The van der Waals surface area contributed by atoms with Crippen molar-refractivity contribution >= 4 is 53.1 Å². The van der Waals surface area contributed by atoms with E-state index in [2.05, 4.69) is 17.2 Å². The molecule has 23 heavy (non-hydrogen) atoms. The molecule has 130 valence electrons. The Bertz CT molecular complexity index is 555. The number of thiazole rings is 1. The van der Waals surface area contributed by atoms with Crippen molar-refractivity contribution in [3.63, 3.8) is 0 Å². The first-order valence-electron chi connectivity index (χ1n) is 7.40. The maximum absolute atomic E-state index is 12.4. The molecule has 1 aromatic heterocycles. The number of nitrogens with zero attached hydrogens (tertiary/aromatic N) is 3. The van der Waals surface area contributed by atoms with Crippen molar-refractivity contribution in [2.24, 2.45) is 0 Å². The van der Waals surface area contributed by atoms with Gasteiger partial charge in [0.15, 0.2) is 5.13 Å². The molecule has 1 atom stereocenters. The summed E-state index contributed by atoms with van der Waals surface area (Å²) in [5.74, 6) is 0.256. The Morgan fingerprint density at radius 3 is 2.87 bits per heavy atom. The van der Waals surface area contributed by atoms with Crippen LogP contribution in [0.15, 0.2) is 5.38 Å². The van der Waals surface area contributed by atoms with Crippen LogP contribution in [-0.2, 0) is 16.0 Å². The zero-order valence-corrected chi connectivity index (χ0v) is 15.4. The molecule has 2 aliphatic rings. The molecule has 1 aromatic rings. The van der Waals surface area contributed by atoms with Crippen molar-refractivity contribution in [1.82, 2.24) is 15.2 Å². The Balaban J connectivity index is 0.00000132. The Morgan fingerprint density at radius 1 is 1.43 bits per heavy atom. The number of nitrogens with one attached hydrogen (secondary N) is 1. The fraction of sp³-hybridized carbons (Fsp3) is 0.643. The average molecular weight is 381 g/mol. The smallest absolute Gasteiger partial charge is 0.228 e. The first kappa shape index (κ1) is 20.2. The van der Waals surface area contributed by atoms with E-state index in [-0.39, 0.29) is 42.7 Å². The van der Waals surface area contributed by atoms with Gasteiger partial charge in [0.2, 0.25) is 11.8 Å². The maximum atomic E-state index is 12.4. The maximum Gasteiger partial charge on any atom is 0.228 e. The van der Waals surface area contributed by atoms with Crippen LogP contribution in [0.1, 0.15) is 25.5 Å². The average Bonchev–Trinajstić information content (AvgIpc) is 3.08. The lowest BCUT2D eigenvalue weighted by atomic mass is 10.2. The molecular formula is C14H22Cl2N4O2S. The number of anilines is 1. The molecule has 2 saturated heterocycles. The van der Waals surface area contributed by atoms with Crippen LogP contribution >= 0.6 is 36.2 Å². The number of carbonyl (C=O) groups excluding carboxylic acids is 2. The number of carbonyl (C=O) groups is 2. The second kappa shape index (κ2) is 8.82. The second-order valence-electron chi connectivity index (χ2n) is 5.59. The monoisotopic (exact) mass is 380 g/mol. The quantitative estimate of drug-likeness (QED) is 0.862. The van der Waals surface area contributed by atoms with E-state index in [1.807, 2.05) is 10.3 Å². The highest BCUT2D eigenvalue weighted by atomic mass is 35.5. The molecule has 0 unspecified atom stereocenters. The van der Waals surface area contributed by atoms with Crippen molar-refractivity contribution in [1.29, 1.82) is 0 Å². The standard InChI is InChI=1S/C14H20N4O2S.2ClH/c1-10-8-15-4-6-17(10)13(20)7-11-9-21-14(16-11)18-5-2-3-12(18)19;;/h9-10,15H,2-8H2,1H3;2*1H/t10-;;/m0../s1. The number of halogens is 2. The molecule has 2 amide bonds. The summed E-state index contributed by atoms with van der Waals surface area (Å²) >= 11 is 1.45. The molecular weight excluding hydrogens is 359 g/mol. The molecule has 0 bridgehead atoms. The summed E-state index contributed by atoms with van der Waals surface area (Å²) in [6.07, 6.45) is 1.82. The number of hydrogen-bond donors (Lipinski definition) is 1. The zero-order valence-electron chi connectivity index (χ0n) is 13.0. The topological polar surface area (TPSA) is 65.5 Å². The molecule has 0 aliphatic carbocycles. The van der Waals surface area contributed by atoms with E-state index in [0.717, 1.165) is 43.4 Å². The lowest BCUT2D eigenvalue weighted by Crippen LogP contribution is -2.52. The zero-order chi connectivity index (χ0) is 14.8. The number of piperazine rings is 1. The van der Waals surface area contributed by atoms with E-state index in [9.17, 15) is 9.59 Å². The number of aromatic nitrogens is 1. The Morgan fingerprint density at radius 2 is 2.22 bits per heavy atom. The van der Waals surface area contributed by atoms with Gasteiger partial charge in [-0.15, -0.1) is 36.2 Å². The fourth-order valence-corrected chi connectivity index (χ4v) is 3.69. The molecule has 0 spiro atoms. The lowest BCUT2D eigenvalue weighted by molar-refractivity contribution is -0.133. The van der Waals surface area contributed by atoms with Crippen molar-refractivity contribution in [2.45, 2.75) is 32.2 Å². The van der Waals surface area contributed by atoms with Gasteiger partial charge in [0.05, 0.1) is 12.1 Å². The van der Waals surface area contributed by atoms with Crippen LogP contribution in [0.2, 0.25) is 0 Å². The summed E-state index contributed by atoms with van der Waals surface area (Å²) in [7, 11) is 0. The van der Waals surface area contributed by atoms with Gasteiger partial charge in [0.25, 0.3) is 0 Å². The van der Waals surface area contributed by atoms with Crippen LogP contribution in [0.3, 0.4) is 0 Å². The van der Waals surface area contributed by atoms with E-state index < -0.39 is 0 Å². The minimum atomic E-state index is 0. The first-order valence-corrected chi connectivity index (χ1v) is 8.28. The van der Waals surface area contributed by atoms with Crippen molar-refractivity contribution in [3.05, 3.63) is 11.1 Å². The fourth-order valence-electron chi connectivity index (χ4n) is 2.82. The third-order valence-corrected chi connectivity index (χ3v) is 4.91. The Kier molecular flexibility index (Phi) is 7.73. The van der Waals surface area contributed by atoms with E-state index >= 15 is 0 Å². The minimum Gasteiger partial charge on any atom is -0.337 e. The highest BCUT2D eigenvalue weighted by Gasteiger charge is 2.26. The predicted molar refractivity (Wildman–Crippen MR) is 95.9 cm³/mol. The van der Waals surface area contributed by atoms with Gasteiger partial charge in [-0.05, 0) is 13.3 Å². The SMILES string of the molecule is C[C@H]1CNCCN1C(=O)Cc1csc(N2CCCC2=O)n1.Cl.Cl. The highest BCUT2D eigenvalue weighted by molar-refractivity contribution is 7.14. The number of amides is 2. The van der Waals surface area contributed by atoms with Crippen LogP contribution in [0, 0.1) is 0 Å². The highest BCUT2D eigenvalue weighted by Crippen LogP contribution is 2.25. The predicted octanol–water partition coefficient (Wildman–Crippen LogP) is 1.48. The summed E-state index contributed by atoms with van der Waals surface area (Å²) in [6, 6.07) is 0.226. The van der Waals surface area contributed by atoms with E-state index in [0.29, 0.717) is 12.8 Å². The Hall–Kier alpha value is -0.890. The molecule has 6 nitrogen and oxygen atoms in total.